The van der Waals surface area contributed by atoms with Gasteiger partial charge in [0.05, 0.1) is 6.61 Å². The van der Waals surface area contributed by atoms with Gasteiger partial charge in [-0.3, -0.25) is 14.6 Å². The van der Waals surface area contributed by atoms with Crippen molar-refractivity contribution in [2.24, 2.45) is 0 Å². The highest BCUT2D eigenvalue weighted by Gasteiger charge is 2.26. The lowest BCUT2D eigenvalue weighted by molar-refractivity contribution is 0.0740. The van der Waals surface area contributed by atoms with Gasteiger partial charge in [-0.15, -0.1) is 0 Å². The normalized spacial score (nSPS) is 14.3. The number of sulfonamides is 1. The minimum absolute atomic E-state index is 0.0587. The monoisotopic (exact) mass is 456 g/mol. The molecule has 1 fully saturated rings. The van der Waals surface area contributed by atoms with E-state index >= 15 is 0 Å². The number of rotatable bonds is 7. The minimum atomic E-state index is -3.92. The molecule has 2 aromatic heterocycles. The highest BCUT2D eigenvalue weighted by molar-refractivity contribution is 7.92. The second kappa shape index (κ2) is 9.27. The molecule has 0 bridgehead atoms. The highest BCUT2D eigenvalue weighted by Crippen LogP contribution is 2.20. The minimum Gasteiger partial charge on any atom is -0.494 e. The molecular weight excluding hydrogens is 432 g/mol. The molecule has 1 saturated heterocycles. The Bertz CT molecular complexity index is 1160. The number of aromatic nitrogens is 3. The van der Waals surface area contributed by atoms with Crippen LogP contribution in [0.2, 0.25) is 0 Å². The van der Waals surface area contributed by atoms with Crippen molar-refractivity contribution >= 4 is 27.4 Å². The molecule has 1 amide bonds. The zero-order valence-corrected chi connectivity index (χ0v) is 18.4. The van der Waals surface area contributed by atoms with Gasteiger partial charge >= 0.3 is 0 Å². The molecule has 0 unspecified atom stereocenters. The average molecular weight is 457 g/mol. The molecule has 0 atom stereocenters. The SMILES string of the molecule is CCOc1ccc(NS(=O)(=O)c2cc(C(=O)N3CCN(c4ccccn4)CC3)n[nH]2)cc1. The van der Waals surface area contributed by atoms with Crippen LogP contribution < -0.4 is 14.4 Å². The van der Waals surface area contributed by atoms with E-state index in [1.807, 2.05) is 25.1 Å². The third kappa shape index (κ3) is 4.83. The predicted molar refractivity (Wildman–Crippen MR) is 119 cm³/mol. The van der Waals surface area contributed by atoms with Crippen LogP contribution in [0.1, 0.15) is 17.4 Å². The number of carbonyl (C=O) groups excluding carboxylic acids is 1. The summed E-state index contributed by atoms with van der Waals surface area (Å²) in [5.41, 5.74) is 0.435. The lowest BCUT2D eigenvalue weighted by Crippen LogP contribution is -2.49. The van der Waals surface area contributed by atoms with E-state index in [4.69, 9.17) is 4.74 Å². The molecule has 0 saturated carbocycles. The number of hydrogen-bond acceptors (Lipinski definition) is 7. The van der Waals surface area contributed by atoms with Gasteiger partial charge in [-0.2, -0.15) is 13.5 Å². The summed E-state index contributed by atoms with van der Waals surface area (Å²) in [5.74, 6) is 1.20. The maximum atomic E-state index is 12.8. The molecule has 1 aromatic carbocycles. The van der Waals surface area contributed by atoms with Crippen LogP contribution >= 0.6 is 0 Å². The Morgan fingerprint density at radius 1 is 1.12 bits per heavy atom. The van der Waals surface area contributed by atoms with Crippen LogP contribution in [-0.4, -0.2) is 67.2 Å². The predicted octanol–water partition coefficient (Wildman–Crippen LogP) is 1.97. The number of pyridine rings is 1. The quantitative estimate of drug-likeness (QED) is 0.558. The number of nitrogens with one attached hydrogen (secondary N) is 2. The van der Waals surface area contributed by atoms with Crippen molar-refractivity contribution < 1.29 is 17.9 Å². The molecule has 3 heterocycles. The average Bonchev–Trinajstić information content (AvgIpc) is 3.32. The Hall–Kier alpha value is -3.60. The Kier molecular flexibility index (Phi) is 6.26. The molecule has 168 valence electrons. The number of amides is 1. The summed E-state index contributed by atoms with van der Waals surface area (Å²) in [5, 5.41) is 6.21. The largest absolute Gasteiger partial charge is 0.494 e. The molecule has 11 heteroatoms. The number of aromatic amines is 1. The van der Waals surface area contributed by atoms with Gasteiger partial charge in [-0.25, -0.2) is 4.98 Å². The molecule has 0 radical (unpaired) electrons. The zero-order chi connectivity index (χ0) is 22.6. The van der Waals surface area contributed by atoms with Crippen LogP contribution in [0.5, 0.6) is 5.75 Å². The van der Waals surface area contributed by atoms with E-state index < -0.39 is 10.0 Å². The smallest absolute Gasteiger partial charge is 0.278 e. The third-order valence-corrected chi connectivity index (χ3v) is 6.31. The number of hydrogen-bond donors (Lipinski definition) is 2. The molecule has 3 aromatic rings. The van der Waals surface area contributed by atoms with Crippen molar-refractivity contribution in [1.29, 1.82) is 0 Å². The van der Waals surface area contributed by atoms with Gasteiger partial charge < -0.3 is 14.5 Å². The summed E-state index contributed by atoms with van der Waals surface area (Å²) in [6.45, 7) is 4.65. The number of carbonyl (C=O) groups is 1. The number of H-pyrrole nitrogens is 1. The van der Waals surface area contributed by atoms with E-state index in [-0.39, 0.29) is 16.6 Å². The standard InChI is InChI=1S/C21H24N6O4S/c1-2-31-17-8-6-16(7-9-17)25-32(29,30)20-15-18(23-24-20)21(28)27-13-11-26(12-14-27)19-5-3-4-10-22-19/h3-10,15,25H,2,11-14H2,1H3,(H,23,24). The van der Waals surface area contributed by atoms with Crippen LogP contribution in [0.4, 0.5) is 11.5 Å². The van der Waals surface area contributed by atoms with Crippen LogP contribution in [0.25, 0.3) is 0 Å². The van der Waals surface area contributed by atoms with Gasteiger partial charge in [0.2, 0.25) is 0 Å². The van der Waals surface area contributed by atoms with Gasteiger partial charge in [-0.05, 0) is 43.3 Å². The lowest BCUT2D eigenvalue weighted by Gasteiger charge is -2.35. The molecule has 10 nitrogen and oxygen atoms in total. The Morgan fingerprint density at radius 3 is 2.53 bits per heavy atom. The fourth-order valence-corrected chi connectivity index (χ4v) is 4.38. The molecule has 2 N–H and O–H groups in total. The maximum Gasteiger partial charge on any atom is 0.278 e. The molecular formula is C21H24N6O4S. The highest BCUT2D eigenvalue weighted by atomic mass is 32.2. The van der Waals surface area contributed by atoms with Gasteiger partial charge in [0, 0.05) is 44.1 Å². The van der Waals surface area contributed by atoms with E-state index in [2.05, 4.69) is 24.8 Å². The van der Waals surface area contributed by atoms with Crippen molar-refractivity contribution in [3.8, 4) is 5.75 Å². The Morgan fingerprint density at radius 2 is 1.88 bits per heavy atom. The summed E-state index contributed by atoms with van der Waals surface area (Å²) >= 11 is 0. The first kappa shape index (κ1) is 21.6. The van der Waals surface area contributed by atoms with Crippen LogP contribution in [-0.2, 0) is 10.0 Å². The second-order valence-electron chi connectivity index (χ2n) is 7.15. The van der Waals surface area contributed by atoms with E-state index in [0.717, 1.165) is 5.82 Å². The fraction of sp³-hybridized carbons (Fsp3) is 0.286. The first-order valence-corrected chi connectivity index (χ1v) is 11.7. The number of anilines is 2. The zero-order valence-electron chi connectivity index (χ0n) is 17.6. The van der Waals surface area contributed by atoms with Crippen molar-refractivity contribution in [3.05, 3.63) is 60.4 Å². The van der Waals surface area contributed by atoms with E-state index in [9.17, 15) is 13.2 Å². The second-order valence-corrected chi connectivity index (χ2v) is 8.80. The summed E-state index contributed by atoms with van der Waals surface area (Å²) < 4.78 is 33.2. The van der Waals surface area contributed by atoms with Crippen LogP contribution in [0.3, 0.4) is 0 Å². The van der Waals surface area contributed by atoms with Crippen LogP contribution in [0, 0.1) is 0 Å². The van der Waals surface area contributed by atoms with Crippen molar-refractivity contribution in [3.63, 3.8) is 0 Å². The molecule has 0 spiro atoms. The Labute approximate surface area is 186 Å². The number of benzene rings is 1. The molecule has 0 aliphatic carbocycles. The summed E-state index contributed by atoms with van der Waals surface area (Å²) in [4.78, 5) is 20.9. The van der Waals surface area contributed by atoms with E-state index in [1.54, 1.807) is 35.4 Å². The lowest BCUT2D eigenvalue weighted by atomic mass is 10.2. The van der Waals surface area contributed by atoms with E-state index in [0.29, 0.717) is 44.2 Å². The fourth-order valence-electron chi connectivity index (χ4n) is 3.39. The van der Waals surface area contributed by atoms with Gasteiger partial charge in [0.1, 0.15) is 11.6 Å². The molecule has 32 heavy (non-hydrogen) atoms. The number of piperazine rings is 1. The summed E-state index contributed by atoms with van der Waals surface area (Å²) in [6.07, 6.45) is 1.74. The summed E-state index contributed by atoms with van der Waals surface area (Å²) in [6, 6.07) is 13.5. The van der Waals surface area contributed by atoms with Crippen LogP contribution in [0.15, 0.2) is 59.8 Å². The number of ether oxygens (including phenoxy) is 1. The summed E-state index contributed by atoms with van der Waals surface area (Å²) in [7, 11) is -3.92. The molecule has 1 aliphatic rings. The van der Waals surface area contributed by atoms with Crippen molar-refractivity contribution in [2.45, 2.75) is 11.9 Å². The topological polar surface area (TPSA) is 121 Å². The number of nitrogens with zero attached hydrogens (tertiary/aromatic N) is 4. The molecule has 1 aliphatic heterocycles. The van der Waals surface area contributed by atoms with Crippen molar-refractivity contribution in [1.82, 2.24) is 20.1 Å². The third-order valence-electron chi connectivity index (χ3n) is 5.02. The van der Waals surface area contributed by atoms with E-state index in [1.165, 1.54) is 6.07 Å². The van der Waals surface area contributed by atoms with Crippen molar-refractivity contribution in [2.75, 3.05) is 42.4 Å². The first-order valence-electron chi connectivity index (χ1n) is 10.2. The van der Waals surface area contributed by atoms with Gasteiger partial charge in [0.25, 0.3) is 15.9 Å². The first-order chi connectivity index (χ1) is 15.5. The Balaban J connectivity index is 1.39. The molecule has 4 rings (SSSR count). The van der Waals surface area contributed by atoms with Gasteiger partial charge in [-0.1, -0.05) is 6.07 Å². The maximum absolute atomic E-state index is 12.8. The van der Waals surface area contributed by atoms with Gasteiger partial charge in [0.15, 0.2) is 10.7 Å².